The summed E-state index contributed by atoms with van der Waals surface area (Å²) in [7, 11) is -3.86. The van der Waals surface area contributed by atoms with Crippen LogP contribution in [-0.4, -0.2) is 20.9 Å². The second-order valence-corrected chi connectivity index (χ2v) is 9.04. The first-order valence-electron chi connectivity index (χ1n) is 9.20. The number of rotatable bonds is 4. The molecule has 7 heteroatoms. The zero-order valence-corrected chi connectivity index (χ0v) is 17.3. The maximum atomic E-state index is 13.3. The lowest BCUT2D eigenvalue weighted by atomic mass is 9.99. The molecular formula is C22H19ClN2O3S. The van der Waals surface area contributed by atoms with E-state index in [0.29, 0.717) is 22.0 Å². The first-order chi connectivity index (χ1) is 13.9. The summed E-state index contributed by atoms with van der Waals surface area (Å²) in [5, 5.41) is 3.20. The Morgan fingerprint density at radius 2 is 1.79 bits per heavy atom. The third kappa shape index (κ3) is 3.61. The van der Waals surface area contributed by atoms with E-state index in [-0.39, 0.29) is 11.4 Å². The molecule has 1 heterocycles. The molecular weight excluding hydrogens is 408 g/mol. The number of amides is 1. The van der Waals surface area contributed by atoms with E-state index in [1.54, 1.807) is 48.5 Å². The van der Waals surface area contributed by atoms with Crippen LogP contribution in [0.2, 0.25) is 5.02 Å². The van der Waals surface area contributed by atoms with Crippen molar-refractivity contribution in [1.29, 1.82) is 0 Å². The largest absolute Gasteiger partial charge is 0.324 e. The second kappa shape index (κ2) is 7.54. The predicted molar refractivity (Wildman–Crippen MR) is 116 cm³/mol. The number of nitrogens with one attached hydrogen (secondary N) is 1. The second-order valence-electron chi connectivity index (χ2n) is 6.77. The van der Waals surface area contributed by atoms with Gasteiger partial charge in [0, 0.05) is 21.8 Å². The van der Waals surface area contributed by atoms with E-state index in [2.05, 4.69) is 5.32 Å². The van der Waals surface area contributed by atoms with Crippen molar-refractivity contribution < 1.29 is 13.2 Å². The van der Waals surface area contributed by atoms with Crippen molar-refractivity contribution in [2.75, 3.05) is 16.2 Å². The van der Waals surface area contributed by atoms with Crippen LogP contribution in [-0.2, 0) is 21.2 Å². The maximum Gasteiger partial charge on any atom is 0.265 e. The Balaban J connectivity index is 1.74. The molecule has 1 N–H and O–H groups in total. The van der Waals surface area contributed by atoms with Crippen molar-refractivity contribution >= 4 is 38.9 Å². The molecule has 3 aromatic carbocycles. The van der Waals surface area contributed by atoms with E-state index in [4.69, 9.17) is 11.6 Å². The number of carbonyl (C=O) groups is 1. The summed E-state index contributed by atoms with van der Waals surface area (Å²) in [5.74, 6) is -0.444. The van der Waals surface area contributed by atoms with Crippen molar-refractivity contribution in [2.24, 2.45) is 0 Å². The first kappa shape index (κ1) is 19.5. The van der Waals surface area contributed by atoms with Gasteiger partial charge in [-0.15, -0.1) is 0 Å². The molecule has 0 aliphatic carbocycles. The van der Waals surface area contributed by atoms with E-state index in [1.165, 1.54) is 4.31 Å². The summed E-state index contributed by atoms with van der Waals surface area (Å²) in [4.78, 5) is 12.9. The molecule has 0 aromatic heterocycles. The van der Waals surface area contributed by atoms with Crippen LogP contribution < -0.4 is 9.62 Å². The highest BCUT2D eigenvalue weighted by Crippen LogP contribution is 2.43. The Labute approximate surface area is 175 Å². The summed E-state index contributed by atoms with van der Waals surface area (Å²) < 4.78 is 27.7. The third-order valence-electron chi connectivity index (χ3n) is 4.88. The summed E-state index contributed by atoms with van der Waals surface area (Å²) in [6, 6.07) is 19.3. The highest BCUT2D eigenvalue weighted by atomic mass is 35.5. The van der Waals surface area contributed by atoms with E-state index in [9.17, 15) is 13.2 Å². The Morgan fingerprint density at radius 3 is 2.55 bits per heavy atom. The van der Waals surface area contributed by atoms with Crippen LogP contribution in [0.15, 0.2) is 71.6 Å². The van der Waals surface area contributed by atoms with Crippen LogP contribution in [0.4, 0.5) is 11.4 Å². The minimum absolute atomic E-state index is 0.205. The number of hydrogen-bond donors (Lipinski definition) is 1. The Morgan fingerprint density at radius 1 is 1.00 bits per heavy atom. The zero-order chi connectivity index (χ0) is 20.6. The van der Waals surface area contributed by atoms with Crippen LogP contribution in [0, 0.1) is 0 Å². The Hall–Kier alpha value is -2.83. The molecule has 4 rings (SSSR count). The van der Waals surface area contributed by atoms with Gasteiger partial charge in [0.05, 0.1) is 10.6 Å². The lowest BCUT2D eigenvalue weighted by Crippen LogP contribution is -2.40. The summed E-state index contributed by atoms with van der Waals surface area (Å²) >= 11 is 5.96. The molecule has 0 saturated carbocycles. The van der Waals surface area contributed by atoms with Gasteiger partial charge in [-0.25, -0.2) is 8.42 Å². The SMILES string of the molecule is CCc1ccc2c(c1)-c1ccccc1S(=O)(=O)N2CC(=O)Nc1cccc(Cl)c1. The number of fused-ring (bicyclic) bond motifs is 3. The number of carbonyl (C=O) groups excluding carboxylic acids is 1. The molecule has 0 saturated heterocycles. The van der Waals surface area contributed by atoms with E-state index >= 15 is 0 Å². The van der Waals surface area contributed by atoms with Gasteiger partial charge >= 0.3 is 0 Å². The van der Waals surface area contributed by atoms with Gasteiger partial charge in [0.25, 0.3) is 10.0 Å². The smallest absolute Gasteiger partial charge is 0.265 e. The highest BCUT2D eigenvalue weighted by Gasteiger charge is 2.35. The van der Waals surface area contributed by atoms with E-state index in [1.807, 2.05) is 25.1 Å². The van der Waals surface area contributed by atoms with Crippen molar-refractivity contribution in [3.05, 3.63) is 77.3 Å². The van der Waals surface area contributed by atoms with Gasteiger partial charge in [-0.1, -0.05) is 48.9 Å². The number of nitrogens with zero attached hydrogens (tertiary/aromatic N) is 1. The lowest BCUT2D eigenvalue weighted by molar-refractivity contribution is -0.114. The number of hydrogen-bond acceptors (Lipinski definition) is 3. The van der Waals surface area contributed by atoms with Gasteiger partial charge in [-0.3, -0.25) is 9.10 Å². The van der Waals surface area contributed by atoms with Crippen molar-refractivity contribution in [2.45, 2.75) is 18.2 Å². The highest BCUT2D eigenvalue weighted by molar-refractivity contribution is 7.93. The molecule has 29 heavy (non-hydrogen) atoms. The lowest BCUT2D eigenvalue weighted by Gasteiger charge is -2.32. The number of sulfonamides is 1. The van der Waals surface area contributed by atoms with Crippen molar-refractivity contribution in [1.82, 2.24) is 0 Å². The predicted octanol–water partition coefficient (Wildman–Crippen LogP) is 4.72. The van der Waals surface area contributed by atoms with Gasteiger partial charge in [0.2, 0.25) is 5.91 Å². The number of anilines is 2. The average Bonchev–Trinajstić information content (AvgIpc) is 2.71. The fraction of sp³-hybridized carbons (Fsp3) is 0.136. The Kier molecular flexibility index (Phi) is 5.06. The molecule has 0 bridgehead atoms. The molecule has 148 valence electrons. The minimum Gasteiger partial charge on any atom is -0.324 e. The van der Waals surface area contributed by atoms with Crippen molar-refractivity contribution in [3.8, 4) is 11.1 Å². The molecule has 1 aliphatic heterocycles. The third-order valence-corrected chi connectivity index (χ3v) is 6.93. The van der Waals surface area contributed by atoms with Crippen LogP contribution >= 0.6 is 11.6 Å². The summed E-state index contributed by atoms with van der Waals surface area (Å²) in [6.45, 7) is 1.71. The quantitative estimate of drug-likeness (QED) is 0.656. The topological polar surface area (TPSA) is 66.5 Å². The minimum atomic E-state index is -3.86. The zero-order valence-electron chi connectivity index (χ0n) is 15.7. The fourth-order valence-corrected chi connectivity index (χ4v) is 5.31. The van der Waals surface area contributed by atoms with Crippen LogP contribution in [0.3, 0.4) is 0 Å². The molecule has 5 nitrogen and oxygen atoms in total. The van der Waals surface area contributed by atoms with Gasteiger partial charge < -0.3 is 5.32 Å². The number of benzene rings is 3. The van der Waals surface area contributed by atoms with Gasteiger partial charge in [-0.05, 0) is 48.4 Å². The van der Waals surface area contributed by atoms with Crippen molar-refractivity contribution in [3.63, 3.8) is 0 Å². The normalized spacial score (nSPS) is 14.1. The molecule has 0 unspecified atom stereocenters. The number of aryl methyl sites for hydroxylation is 1. The van der Waals surface area contributed by atoms with Crippen LogP contribution in [0.1, 0.15) is 12.5 Å². The molecule has 0 fully saturated rings. The molecule has 0 radical (unpaired) electrons. The summed E-state index contributed by atoms with van der Waals surface area (Å²) in [5.41, 5.74) is 3.58. The van der Waals surface area contributed by atoms with Gasteiger partial charge in [-0.2, -0.15) is 0 Å². The summed E-state index contributed by atoms with van der Waals surface area (Å²) in [6.07, 6.45) is 0.831. The molecule has 1 amide bonds. The molecule has 3 aromatic rings. The average molecular weight is 427 g/mol. The monoisotopic (exact) mass is 426 g/mol. The maximum absolute atomic E-state index is 13.3. The molecule has 0 spiro atoms. The molecule has 1 aliphatic rings. The van der Waals surface area contributed by atoms with Crippen LogP contribution in [0.5, 0.6) is 0 Å². The van der Waals surface area contributed by atoms with Gasteiger partial charge in [0.1, 0.15) is 6.54 Å². The first-order valence-corrected chi connectivity index (χ1v) is 11.0. The Bertz CT molecular complexity index is 1210. The van der Waals surface area contributed by atoms with E-state index < -0.39 is 15.9 Å². The van der Waals surface area contributed by atoms with E-state index in [0.717, 1.165) is 17.5 Å². The van der Waals surface area contributed by atoms with Gasteiger partial charge in [0.15, 0.2) is 0 Å². The number of halogens is 1. The van der Waals surface area contributed by atoms with Crippen LogP contribution in [0.25, 0.3) is 11.1 Å². The standard InChI is InChI=1S/C22H19ClN2O3S/c1-2-15-10-11-20-19(12-15)18-8-3-4-9-21(18)29(27,28)25(20)14-22(26)24-17-7-5-6-16(23)13-17/h3-13H,2,14H2,1H3,(H,24,26). The fourth-order valence-electron chi connectivity index (χ4n) is 3.47. The molecule has 0 atom stereocenters.